The Kier molecular flexibility index (Phi) is 4.35. The molecule has 1 aromatic rings. The van der Waals surface area contributed by atoms with Gasteiger partial charge in [0, 0.05) is 5.88 Å². The number of aryl methyl sites for hydroxylation is 1. The second-order valence-electron chi connectivity index (χ2n) is 2.94. The normalized spacial score (nSPS) is 9.54. The predicted octanol–water partition coefficient (Wildman–Crippen LogP) is 2.92. The highest BCUT2D eigenvalue weighted by molar-refractivity contribution is 6.17. The SMILES string of the molecule is N#CCc1ccc(CCCCl)cc1. The third-order valence-corrected chi connectivity index (χ3v) is 2.17. The van der Waals surface area contributed by atoms with Gasteiger partial charge in [-0.05, 0) is 24.0 Å². The lowest BCUT2D eigenvalue weighted by atomic mass is 10.1. The molecule has 1 nitrogen and oxygen atoms in total. The third-order valence-electron chi connectivity index (χ3n) is 1.91. The zero-order valence-corrected chi connectivity index (χ0v) is 8.22. The van der Waals surface area contributed by atoms with Crippen LogP contribution in [0.5, 0.6) is 0 Å². The zero-order valence-electron chi connectivity index (χ0n) is 7.46. The lowest BCUT2D eigenvalue weighted by Gasteiger charge is -1.99. The molecule has 0 fully saturated rings. The highest BCUT2D eigenvalue weighted by atomic mass is 35.5. The first-order chi connectivity index (χ1) is 6.36. The van der Waals surface area contributed by atoms with Crippen molar-refractivity contribution in [3.63, 3.8) is 0 Å². The molecule has 0 aliphatic heterocycles. The molecule has 0 heterocycles. The van der Waals surface area contributed by atoms with Crippen molar-refractivity contribution in [1.29, 1.82) is 5.26 Å². The molecule has 0 unspecified atom stereocenters. The van der Waals surface area contributed by atoms with Gasteiger partial charge in [0.1, 0.15) is 0 Å². The Morgan fingerprint density at radius 3 is 2.31 bits per heavy atom. The van der Waals surface area contributed by atoms with Gasteiger partial charge in [0.15, 0.2) is 0 Å². The highest BCUT2D eigenvalue weighted by Crippen LogP contribution is 2.07. The van der Waals surface area contributed by atoms with Crippen LogP contribution in [0, 0.1) is 11.3 Å². The first-order valence-corrected chi connectivity index (χ1v) is 4.91. The predicted molar refractivity (Wildman–Crippen MR) is 54.8 cm³/mol. The summed E-state index contributed by atoms with van der Waals surface area (Å²) in [7, 11) is 0. The average molecular weight is 194 g/mol. The minimum absolute atomic E-state index is 0.496. The monoisotopic (exact) mass is 193 g/mol. The molecule has 0 saturated carbocycles. The fourth-order valence-electron chi connectivity index (χ4n) is 1.19. The number of nitrogens with zero attached hydrogens (tertiary/aromatic N) is 1. The summed E-state index contributed by atoms with van der Waals surface area (Å²) in [6.07, 6.45) is 2.53. The molecule has 0 aliphatic rings. The first kappa shape index (κ1) is 10.1. The lowest BCUT2D eigenvalue weighted by molar-refractivity contribution is 0.927. The van der Waals surface area contributed by atoms with Crippen LogP contribution in [0.2, 0.25) is 0 Å². The fraction of sp³-hybridized carbons (Fsp3) is 0.364. The van der Waals surface area contributed by atoms with Crippen LogP contribution < -0.4 is 0 Å². The largest absolute Gasteiger partial charge is 0.198 e. The zero-order chi connectivity index (χ0) is 9.52. The minimum atomic E-state index is 0.496. The lowest BCUT2D eigenvalue weighted by Crippen LogP contribution is -1.87. The Labute approximate surface area is 84.0 Å². The second kappa shape index (κ2) is 5.61. The summed E-state index contributed by atoms with van der Waals surface area (Å²) in [5.41, 5.74) is 2.37. The molecule has 0 aromatic heterocycles. The number of hydrogen-bond donors (Lipinski definition) is 0. The van der Waals surface area contributed by atoms with Crippen LogP contribution in [-0.2, 0) is 12.8 Å². The van der Waals surface area contributed by atoms with Gasteiger partial charge in [-0.1, -0.05) is 24.3 Å². The van der Waals surface area contributed by atoms with Gasteiger partial charge in [-0.25, -0.2) is 0 Å². The van der Waals surface area contributed by atoms with Crippen LogP contribution >= 0.6 is 11.6 Å². The Bertz CT molecular complexity index is 284. The van der Waals surface area contributed by atoms with Gasteiger partial charge in [-0.3, -0.25) is 0 Å². The van der Waals surface area contributed by atoms with Crippen molar-refractivity contribution in [3.05, 3.63) is 35.4 Å². The number of benzene rings is 1. The third kappa shape index (κ3) is 3.48. The van der Waals surface area contributed by atoms with E-state index in [0.717, 1.165) is 18.4 Å². The van der Waals surface area contributed by atoms with Crippen LogP contribution in [0.25, 0.3) is 0 Å². The molecular formula is C11H12ClN. The van der Waals surface area contributed by atoms with E-state index >= 15 is 0 Å². The molecule has 0 N–H and O–H groups in total. The van der Waals surface area contributed by atoms with Crippen LogP contribution in [0.15, 0.2) is 24.3 Å². The fourth-order valence-corrected chi connectivity index (χ4v) is 1.32. The number of rotatable bonds is 4. The van der Waals surface area contributed by atoms with Crippen molar-refractivity contribution in [2.24, 2.45) is 0 Å². The molecule has 1 rings (SSSR count). The van der Waals surface area contributed by atoms with E-state index < -0.39 is 0 Å². The van der Waals surface area contributed by atoms with E-state index in [1.54, 1.807) is 0 Å². The second-order valence-corrected chi connectivity index (χ2v) is 3.32. The van der Waals surface area contributed by atoms with Crippen molar-refractivity contribution in [2.75, 3.05) is 5.88 Å². The molecule has 2 heteroatoms. The quantitative estimate of drug-likeness (QED) is 0.675. The average Bonchev–Trinajstić information content (AvgIpc) is 2.17. The maximum absolute atomic E-state index is 8.46. The van der Waals surface area contributed by atoms with E-state index in [2.05, 4.69) is 18.2 Å². The number of halogens is 1. The summed E-state index contributed by atoms with van der Waals surface area (Å²) in [6.45, 7) is 0. The van der Waals surface area contributed by atoms with Gasteiger partial charge in [0.05, 0.1) is 12.5 Å². The smallest absolute Gasteiger partial charge is 0.0669 e. The van der Waals surface area contributed by atoms with Crippen LogP contribution in [0.3, 0.4) is 0 Å². The van der Waals surface area contributed by atoms with Crippen LogP contribution in [-0.4, -0.2) is 5.88 Å². The van der Waals surface area contributed by atoms with E-state index in [4.69, 9.17) is 16.9 Å². The molecule has 0 atom stereocenters. The Balaban J connectivity index is 2.55. The number of hydrogen-bond acceptors (Lipinski definition) is 1. The van der Waals surface area contributed by atoms with E-state index in [1.165, 1.54) is 5.56 Å². The number of nitriles is 1. The van der Waals surface area contributed by atoms with E-state index in [0.29, 0.717) is 12.3 Å². The molecule has 0 saturated heterocycles. The van der Waals surface area contributed by atoms with Crippen molar-refractivity contribution in [3.8, 4) is 6.07 Å². The first-order valence-electron chi connectivity index (χ1n) is 4.37. The molecular weight excluding hydrogens is 182 g/mol. The van der Waals surface area contributed by atoms with Crippen LogP contribution in [0.1, 0.15) is 17.5 Å². The molecule has 68 valence electrons. The van der Waals surface area contributed by atoms with E-state index in [1.807, 2.05) is 12.1 Å². The van der Waals surface area contributed by atoms with Gasteiger partial charge in [0.2, 0.25) is 0 Å². The Morgan fingerprint density at radius 2 is 1.77 bits per heavy atom. The summed E-state index contributed by atoms with van der Waals surface area (Å²) >= 11 is 5.59. The maximum Gasteiger partial charge on any atom is 0.0669 e. The van der Waals surface area contributed by atoms with Gasteiger partial charge in [-0.15, -0.1) is 11.6 Å². The maximum atomic E-state index is 8.46. The topological polar surface area (TPSA) is 23.8 Å². The van der Waals surface area contributed by atoms with Crippen molar-refractivity contribution in [2.45, 2.75) is 19.3 Å². The van der Waals surface area contributed by atoms with Gasteiger partial charge < -0.3 is 0 Å². The van der Waals surface area contributed by atoms with E-state index in [9.17, 15) is 0 Å². The molecule has 0 aliphatic carbocycles. The van der Waals surface area contributed by atoms with Crippen LogP contribution in [0.4, 0.5) is 0 Å². The van der Waals surface area contributed by atoms with E-state index in [-0.39, 0.29) is 0 Å². The molecule has 13 heavy (non-hydrogen) atoms. The Morgan fingerprint density at radius 1 is 1.15 bits per heavy atom. The molecule has 0 amide bonds. The molecule has 0 bridgehead atoms. The minimum Gasteiger partial charge on any atom is -0.198 e. The van der Waals surface area contributed by atoms with Crippen molar-refractivity contribution in [1.82, 2.24) is 0 Å². The van der Waals surface area contributed by atoms with Gasteiger partial charge in [-0.2, -0.15) is 5.26 Å². The summed E-state index contributed by atoms with van der Waals surface area (Å²) in [5.74, 6) is 0.708. The number of alkyl halides is 1. The standard InChI is InChI=1S/C11H12ClN/c12-8-1-2-10-3-5-11(6-4-10)7-9-13/h3-6H,1-2,7-8H2. The highest BCUT2D eigenvalue weighted by Gasteiger charge is 1.93. The molecule has 0 radical (unpaired) electrons. The molecule has 0 spiro atoms. The summed E-state index contributed by atoms with van der Waals surface area (Å²) < 4.78 is 0. The van der Waals surface area contributed by atoms with Crippen molar-refractivity contribution < 1.29 is 0 Å². The Hall–Kier alpha value is -1.00. The summed E-state index contributed by atoms with van der Waals surface area (Å²) in [5, 5.41) is 8.46. The summed E-state index contributed by atoms with van der Waals surface area (Å²) in [6, 6.07) is 10.3. The summed E-state index contributed by atoms with van der Waals surface area (Å²) in [4.78, 5) is 0. The molecule has 1 aromatic carbocycles. The van der Waals surface area contributed by atoms with Crippen molar-refractivity contribution >= 4 is 11.6 Å². The van der Waals surface area contributed by atoms with Gasteiger partial charge in [0.25, 0.3) is 0 Å². The van der Waals surface area contributed by atoms with Gasteiger partial charge >= 0.3 is 0 Å².